The Kier molecular flexibility index (Phi) is 4.25. The Labute approximate surface area is 74.1 Å². The van der Waals surface area contributed by atoms with E-state index in [1.54, 1.807) is 0 Å². The van der Waals surface area contributed by atoms with Gasteiger partial charge in [0.1, 0.15) is 6.29 Å². The zero-order valence-corrected chi connectivity index (χ0v) is 7.75. The first kappa shape index (κ1) is 9.68. The van der Waals surface area contributed by atoms with Crippen LogP contribution in [0.5, 0.6) is 0 Å². The highest BCUT2D eigenvalue weighted by molar-refractivity contribution is 5.51. The SMILES string of the molecule is CNCC1CCN(CC=O)CC1. The average Bonchev–Trinajstić information content (AvgIpc) is 2.09. The third kappa shape index (κ3) is 2.91. The summed E-state index contributed by atoms with van der Waals surface area (Å²) >= 11 is 0. The highest BCUT2D eigenvalue weighted by atomic mass is 16.1. The molecule has 70 valence electrons. The fourth-order valence-electron chi connectivity index (χ4n) is 1.77. The van der Waals surface area contributed by atoms with Crippen LogP contribution >= 0.6 is 0 Å². The predicted octanol–water partition coefficient (Wildman–Crippen LogP) is 0.117. The minimum Gasteiger partial charge on any atom is -0.319 e. The number of aldehydes is 1. The monoisotopic (exact) mass is 170 g/mol. The Morgan fingerprint density at radius 2 is 2.17 bits per heavy atom. The number of hydrogen-bond acceptors (Lipinski definition) is 3. The molecule has 1 fully saturated rings. The molecule has 12 heavy (non-hydrogen) atoms. The minimum atomic E-state index is 0.617. The molecule has 1 heterocycles. The Bertz CT molecular complexity index is 130. The van der Waals surface area contributed by atoms with E-state index in [0.717, 1.165) is 31.8 Å². The van der Waals surface area contributed by atoms with E-state index in [2.05, 4.69) is 10.2 Å². The predicted molar refractivity (Wildman–Crippen MR) is 49.2 cm³/mol. The molecule has 0 bridgehead atoms. The van der Waals surface area contributed by atoms with Crippen LogP contribution in [-0.4, -0.2) is 44.4 Å². The number of carbonyl (C=O) groups excluding carboxylic acids is 1. The number of likely N-dealkylation sites (tertiary alicyclic amines) is 1. The smallest absolute Gasteiger partial charge is 0.133 e. The topological polar surface area (TPSA) is 32.3 Å². The molecule has 0 amide bonds. The first-order valence-corrected chi connectivity index (χ1v) is 4.67. The van der Waals surface area contributed by atoms with E-state index in [4.69, 9.17) is 0 Å². The second-order valence-electron chi connectivity index (χ2n) is 3.47. The molecule has 3 nitrogen and oxygen atoms in total. The van der Waals surface area contributed by atoms with E-state index < -0.39 is 0 Å². The maximum atomic E-state index is 10.2. The van der Waals surface area contributed by atoms with Gasteiger partial charge in [-0.2, -0.15) is 0 Å². The molecule has 0 radical (unpaired) electrons. The van der Waals surface area contributed by atoms with Crippen LogP contribution in [0.4, 0.5) is 0 Å². The Morgan fingerprint density at radius 3 is 2.67 bits per heavy atom. The zero-order chi connectivity index (χ0) is 8.81. The molecule has 1 aliphatic heterocycles. The first-order valence-electron chi connectivity index (χ1n) is 4.67. The van der Waals surface area contributed by atoms with Gasteiger partial charge >= 0.3 is 0 Å². The fraction of sp³-hybridized carbons (Fsp3) is 0.889. The van der Waals surface area contributed by atoms with Crippen molar-refractivity contribution in [3.63, 3.8) is 0 Å². The summed E-state index contributed by atoms with van der Waals surface area (Å²) in [6.45, 7) is 3.91. The summed E-state index contributed by atoms with van der Waals surface area (Å²) in [6, 6.07) is 0. The molecule has 0 spiro atoms. The van der Waals surface area contributed by atoms with Crippen LogP contribution in [0.2, 0.25) is 0 Å². The van der Waals surface area contributed by atoms with Crippen LogP contribution in [0.3, 0.4) is 0 Å². The van der Waals surface area contributed by atoms with E-state index in [1.807, 2.05) is 7.05 Å². The van der Waals surface area contributed by atoms with Crippen molar-refractivity contribution in [3.05, 3.63) is 0 Å². The number of nitrogens with zero attached hydrogens (tertiary/aromatic N) is 1. The van der Waals surface area contributed by atoms with Gasteiger partial charge in [-0.15, -0.1) is 0 Å². The van der Waals surface area contributed by atoms with Crippen molar-refractivity contribution in [1.82, 2.24) is 10.2 Å². The van der Waals surface area contributed by atoms with E-state index in [1.165, 1.54) is 12.8 Å². The molecule has 1 aliphatic rings. The van der Waals surface area contributed by atoms with Gasteiger partial charge in [-0.05, 0) is 45.4 Å². The normalized spacial score (nSPS) is 21.1. The second-order valence-corrected chi connectivity index (χ2v) is 3.47. The summed E-state index contributed by atoms with van der Waals surface area (Å²) in [5.74, 6) is 0.818. The fourth-order valence-corrected chi connectivity index (χ4v) is 1.77. The van der Waals surface area contributed by atoms with Crippen LogP contribution in [0.15, 0.2) is 0 Å². The molecular formula is C9H18N2O. The largest absolute Gasteiger partial charge is 0.319 e. The molecule has 0 saturated carbocycles. The van der Waals surface area contributed by atoms with Gasteiger partial charge < -0.3 is 10.1 Å². The molecule has 1 saturated heterocycles. The zero-order valence-electron chi connectivity index (χ0n) is 7.75. The molecule has 0 aliphatic carbocycles. The van der Waals surface area contributed by atoms with Gasteiger partial charge in [0.05, 0.1) is 6.54 Å². The second kappa shape index (κ2) is 5.27. The van der Waals surface area contributed by atoms with Gasteiger partial charge in [-0.25, -0.2) is 0 Å². The van der Waals surface area contributed by atoms with E-state index >= 15 is 0 Å². The molecule has 3 heteroatoms. The molecular weight excluding hydrogens is 152 g/mol. The Hall–Kier alpha value is -0.410. The lowest BCUT2D eigenvalue weighted by Crippen LogP contribution is -2.37. The molecule has 0 aromatic heterocycles. The lowest BCUT2D eigenvalue weighted by Gasteiger charge is -2.30. The Balaban J connectivity index is 2.15. The molecule has 1 N–H and O–H groups in total. The third-order valence-electron chi connectivity index (χ3n) is 2.53. The number of carbonyl (C=O) groups is 1. The van der Waals surface area contributed by atoms with Crippen molar-refractivity contribution in [2.75, 3.05) is 33.2 Å². The van der Waals surface area contributed by atoms with E-state index in [9.17, 15) is 4.79 Å². The van der Waals surface area contributed by atoms with Crippen molar-refractivity contribution in [3.8, 4) is 0 Å². The van der Waals surface area contributed by atoms with Crippen molar-refractivity contribution >= 4 is 6.29 Å². The minimum absolute atomic E-state index is 0.617. The van der Waals surface area contributed by atoms with Gasteiger partial charge in [0.25, 0.3) is 0 Å². The standard InChI is InChI=1S/C9H18N2O/c1-10-8-9-2-4-11(5-3-9)6-7-12/h7,9-10H,2-6,8H2,1H3. The summed E-state index contributed by atoms with van der Waals surface area (Å²) in [7, 11) is 2.00. The lowest BCUT2D eigenvalue weighted by molar-refractivity contribution is -0.109. The van der Waals surface area contributed by atoms with Crippen molar-refractivity contribution in [1.29, 1.82) is 0 Å². The molecule has 0 aromatic carbocycles. The summed E-state index contributed by atoms with van der Waals surface area (Å²) in [5, 5.41) is 3.20. The maximum absolute atomic E-state index is 10.2. The van der Waals surface area contributed by atoms with Gasteiger partial charge in [0.2, 0.25) is 0 Å². The molecule has 1 rings (SSSR count). The van der Waals surface area contributed by atoms with Gasteiger partial charge in [0.15, 0.2) is 0 Å². The van der Waals surface area contributed by atoms with Gasteiger partial charge in [0, 0.05) is 0 Å². The van der Waals surface area contributed by atoms with Gasteiger partial charge in [-0.3, -0.25) is 4.90 Å². The van der Waals surface area contributed by atoms with Crippen LogP contribution < -0.4 is 5.32 Å². The van der Waals surface area contributed by atoms with Crippen molar-refractivity contribution in [2.24, 2.45) is 5.92 Å². The van der Waals surface area contributed by atoms with Crippen LogP contribution in [0.1, 0.15) is 12.8 Å². The summed E-state index contributed by atoms with van der Waals surface area (Å²) in [6.07, 6.45) is 3.46. The highest BCUT2D eigenvalue weighted by Crippen LogP contribution is 2.15. The van der Waals surface area contributed by atoms with Gasteiger partial charge in [-0.1, -0.05) is 0 Å². The summed E-state index contributed by atoms with van der Waals surface area (Å²) in [4.78, 5) is 12.4. The highest BCUT2D eigenvalue weighted by Gasteiger charge is 2.17. The summed E-state index contributed by atoms with van der Waals surface area (Å²) < 4.78 is 0. The van der Waals surface area contributed by atoms with Crippen molar-refractivity contribution in [2.45, 2.75) is 12.8 Å². The average molecular weight is 170 g/mol. The first-order chi connectivity index (χ1) is 5.86. The van der Waals surface area contributed by atoms with E-state index in [-0.39, 0.29) is 0 Å². The lowest BCUT2D eigenvalue weighted by atomic mass is 9.97. The number of rotatable bonds is 4. The number of piperidine rings is 1. The molecule has 0 aromatic rings. The summed E-state index contributed by atoms with van der Waals surface area (Å²) in [5.41, 5.74) is 0. The molecule has 0 unspecified atom stereocenters. The van der Waals surface area contributed by atoms with Crippen LogP contribution in [-0.2, 0) is 4.79 Å². The number of hydrogen-bond donors (Lipinski definition) is 1. The maximum Gasteiger partial charge on any atom is 0.133 e. The van der Waals surface area contributed by atoms with E-state index in [0.29, 0.717) is 6.54 Å². The quantitative estimate of drug-likeness (QED) is 0.608. The van der Waals surface area contributed by atoms with Crippen LogP contribution in [0, 0.1) is 5.92 Å². The van der Waals surface area contributed by atoms with Crippen LogP contribution in [0.25, 0.3) is 0 Å². The number of nitrogens with one attached hydrogen (secondary N) is 1. The molecule has 0 atom stereocenters. The Morgan fingerprint density at radius 1 is 1.50 bits per heavy atom. The van der Waals surface area contributed by atoms with Crippen molar-refractivity contribution < 1.29 is 4.79 Å². The third-order valence-corrected chi connectivity index (χ3v) is 2.53.